The summed E-state index contributed by atoms with van der Waals surface area (Å²) in [5.74, 6) is 1.39. The van der Waals surface area contributed by atoms with E-state index in [9.17, 15) is 4.39 Å². The van der Waals surface area contributed by atoms with Crippen LogP contribution in [0.1, 0.15) is 19.3 Å². The van der Waals surface area contributed by atoms with Gasteiger partial charge >= 0.3 is 6.01 Å². The minimum atomic E-state index is -0.643. The number of anilines is 1. The van der Waals surface area contributed by atoms with Crippen LogP contribution < -0.4 is 9.64 Å². The zero-order valence-corrected chi connectivity index (χ0v) is 18.1. The van der Waals surface area contributed by atoms with Gasteiger partial charge in [0.05, 0.1) is 17.5 Å². The van der Waals surface area contributed by atoms with Gasteiger partial charge in [-0.3, -0.25) is 4.90 Å². The van der Waals surface area contributed by atoms with Crippen molar-refractivity contribution in [1.29, 1.82) is 0 Å². The van der Waals surface area contributed by atoms with E-state index in [4.69, 9.17) is 26.1 Å². The van der Waals surface area contributed by atoms with Gasteiger partial charge in [0, 0.05) is 39.0 Å². The molecule has 9 heteroatoms. The Hall–Kier alpha value is -2.03. The number of hydrogen-bond donors (Lipinski definition) is 0. The third-order valence-electron chi connectivity index (χ3n) is 7.24. The van der Waals surface area contributed by atoms with Crippen LogP contribution in [0.3, 0.4) is 0 Å². The maximum absolute atomic E-state index is 14.9. The molecule has 3 atom stereocenters. The van der Waals surface area contributed by atoms with E-state index in [0.29, 0.717) is 43.5 Å². The third-order valence-corrected chi connectivity index (χ3v) is 7.51. The van der Waals surface area contributed by atoms with E-state index in [-0.39, 0.29) is 22.2 Å². The number of halogens is 2. The lowest BCUT2D eigenvalue weighted by Crippen LogP contribution is -2.47. The lowest BCUT2D eigenvalue weighted by molar-refractivity contribution is 0.0830. The first-order valence-corrected chi connectivity index (χ1v) is 11.3. The number of piperidine rings is 1. The van der Waals surface area contributed by atoms with Gasteiger partial charge in [0.25, 0.3) is 0 Å². The number of pyridine rings is 1. The molecular weight excluding hydrogens is 421 g/mol. The Morgan fingerprint density at radius 3 is 3.13 bits per heavy atom. The molecule has 0 aromatic carbocycles. The second kappa shape index (κ2) is 7.25. The summed E-state index contributed by atoms with van der Waals surface area (Å²) in [5.41, 5.74) is 1.37. The van der Waals surface area contributed by atoms with Crippen LogP contribution in [0.4, 0.5) is 10.2 Å². The Morgan fingerprint density at radius 2 is 2.23 bits per heavy atom. The number of fused-ring (bicyclic) bond motifs is 4. The fourth-order valence-corrected chi connectivity index (χ4v) is 5.87. The highest BCUT2D eigenvalue weighted by atomic mass is 35.5. The number of ether oxygens (including phenoxy) is 2. The molecule has 3 aliphatic heterocycles. The summed E-state index contributed by atoms with van der Waals surface area (Å²) < 4.78 is 26.7. The molecule has 2 aromatic rings. The van der Waals surface area contributed by atoms with E-state index in [1.165, 1.54) is 12.0 Å². The second-order valence-corrected chi connectivity index (χ2v) is 9.57. The van der Waals surface area contributed by atoms with Crippen LogP contribution in [0.15, 0.2) is 18.3 Å². The van der Waals surface area contributed by atoms with Gasteiger partial charge < -0.3 is 14.4 Å². The summed E-state index contributed by atoms with van der Waals surface area (Å²) in [7, 11) is 0. The first-order valence-electron chi connectivity index (χ1n) is 10.9. The van der Waals surface area contributed by atoms with E-state index < -0.39 is 5.82 Å². The number of aromatic nitrogens is 3. The van der Waals surface area contributed by atoms with Crippen LogP contribution in [0.25, 0.3) is 10.9 Å². The van der Waals surface area contributed by atoms with Crippen molar-refractivity contribution in [3.05, 3.63) is 29.3 Å². The highest BCUT2D eigenvalue weighted by Gasteiger charge is 2.64. The Morgan fingerprint density at radius 1 is 1.32 bits per heavy atom. The molecule has 0 unspecified atom stereocenters. The van der Waals surface area contributed by atoms with E-state index in [1.54, 1.807) is 6.20 Å². The quantitative estimate of drug-likeness (QED) is 0.529. The van der Waals surface area contributed by atoms with Crippen LogP contribution in [0, 0.1) is 17.7 Å². The van der Waals surface area contributed by atoms with Gasteiger partial charge in [0.15, 0.2) is 11.0 Å². The molecule has 0 N–H and O–H groups in total. The molecule has 0 amide bonds. The highest BCUT2D eigenvalue weighted by molar-refractivity contribution is 6.30. The topological polar surface area (TPSA) is 63.6 Å². The lowest BCUT2D eigenvalue weighted by Gasteiger charge is -2.34. The number of hydrogen-bond acceptors (Lipinski definition) is 7. The van der Waals surface area contributed by atoms with Crippen LogP contribution in [-0.4, -0.2) is 71.4 Å². The molecule has 0 bridgehead atoms. The molecule has 6 rings (SSSR count). The minimum absolute atomic E-state index is 0.0227. The van der Waals surface area contributed by atoms with Gasteiger partial charge in [-0.15, -0.1) is 0 Å². The predicted octanol–water partition coefficient (Wildman–Crippen LogP) is 3.07. The maximum Gasteiger partial charge on any atom is 0.319 e. The van der Waals surface area contributed by atoms with Gasteiger partial charge in [-0.2, -0.15) is 9.97 Å². The van der Waals surface area contributed by atoms with Crippen LogP contribution in [0.5, 0.6) is 6.01 Å². The smallest absolute Gasteiger partial charge is 0.319 e. The van der Waals surface area contributed by atoms with Crippen molar-refractivity contribution in [3.63, 3.8) is 0 Å². The third kappa shape index (κ3) is 3.18. The summed E-state index contributed by atoms with van der Waals surface area (Å²) in [4.78, 5) is 17.7. The second-order valence-electron chi connectivity index (χ2n) is 9.21. The molecule has 3 saturated heterocycles. The molecule has 0 spiro atoms. The maximum atomic E-state index is 14.9. The molecule has 5 heterocycles. The van der Waals surface area contributed by atoms with Gasteiger partial charge in [-0.25, -0.2) is 9.37 Å². The zero-order valence-electron chi connectivity index (χ0n) is 17.3. The van der Waals surface area contributed by atoms with Crippen LogP contribution in [0.2, 0.25) is 5.15 Å². The summed E-state index contributed by atoms with van der Waals surface area (Å²) in [6, 6.07) is 0.185. The zero-order chi connectivity index (χ0) is 21.2. The molecule has 1 aliphatic carbocycles. The molecule has 0 radical (unpaired) electrons. The van der Waals surface area contributed by atoms with Crippen molar-refractivity contribution in [3.8, 4) is 6.01 Å². The first kappa shape index (κ1) is 19.6. The summed E-state index contributed by atoms with van der Waals surface area (Å²) >= 11 is 5.96. The first-order chi connectivity index (χ1) is 15.0. The molecule has 31 heavy (non-hydrogen) atoms. The number of nitrogens with zero attached hydrogens (tertiary/aromatic N) is 5. The van der Waals surface area contributed by atoms with Crippen molar-refractivity contribution in [1.82, 2.24) is 19.9 Å². The van der Waals surface area contributed by atoms with Gasteiger partial charge in [0.2, 0.25) is 0 Å². The van der Waals surface area contributed by atoms with Crippen molar-refractivity contribution in [2.24, 2.45) is 11.8 Å². The van der Waals surface area contributed by atoms with E-state index >= 15 is 0 Å². The molecule has 4 aliphatic rings. The molecule has 4 fully saturated rings. The molecule has 7 nitrogen and oxygen atoms in total. The average molecular weight is 446 g/mol. The Bertz CT molecular complexity index is 1060. The molecular formula is C22H25ClFN5O2. The SMILES string of the molecule is C=C1CN2C[C@H]3C[C@H]3[C@]2(COc2nc(N3CCCOCC3)c3cnc(Cl)c(F)c3n2)C1. The van der Waals surface area contributed by atoms with E-state index in [1.807, 2.05) is 0 Å². The van der Waals surface area contributed by atoms with Gasteiger partial charge in [0.1, 0.15) is 17.9 Å². The van der Waals surface area contributed by atoms with Crippen molar-refractivity contribution < 1.29 is 13.9 Å². The monoisotopic (exact) mass is 445 g/mol. The average Bonchev–Trinajstić information content (AvgIpc) is 3.45. The number of rotatable bonds is 4. The Kier molecular flexibility index (Phi) is 4.59. The summed E-state index contributed by atoms with van der Waals surface area (Å²) in [6.07, 6.45) is 4.61. The minimum Gasteiger partial charge on any atom is -0.461 e. The lowest BCUT2D eigenvalue weighted by atomic mass is 9.91. The van der Waals surface area contributed by atoms with Crippen molar-refractivity contribution in [2.45, 2.75) is 24.8 Å². The molecule has 2 aromatic heterocycles. The van der Waals surface area contributed by atoms with Crippen LogP contribution in [-0.2, 0) is 4.74 Å². The van der Waals surface area contributed by atoms with Gasteiger partial charge in [-0.1, -0.05) is 23.8 Å². The predicted molar refractivity (Wildman–Crippen MR) is 115 cm³/mol. The fourth-order valence-electron chi connectivity index (χ4n) is 5.73. The van der Waals surface area contributed by atoms with Crippen molar-refractivity contribution in [2.75, 3.05) is 50.9 Å². The highest BCUT2D eigenvalue weighted by Crippen LogP contribution is 2.60. The summed E-state index contributed by atoms with van der Waals surface area (Å²) in [6.45, 7) is 9.47. The standard InChI is InChI=1S/C22H25ClFN5O2/c1-13-8-22(16-7-14(16)11-29(22)10-13)12-31-21-26-18-15(9-25-19(23)17(18)24)20(27-21)28-3-2-5-30-6-4-28/h9,14,16H,1-8,10-12H2/t14-,16-,22-/m1/s1. The van der Waals surface area contributed by atoms with Crippen molar-refractivity contribution >= 4 is 28.3 Å². The Balaban J connectivity index is 1.36. The van der Waals surface area contributed by atoms with Gasteiger partial charge in [-0.05, 0) is 31.1 Å². The van der Waals surface area contributed by atoms with E-state index in [2.05, 4.69) is 26.3 Å². The van der Waals surface area contributed by atoms with Crippen LogP contribution >= 0.6 is 11.6 Å². The Labute approximate surface area is 185 Å². The summed E-state index contributed by atoms with van der Waals surface area (Å²) in [5, 5.41) is 0.337. The van der Waals surface area contributed by atoms with E-state index in [0.717, 1.165) is 38.4 Å². The largest absolute Gasteiger partial charge is 0.461 e. The molecule has 1 saturated carbocycles. The fraction of sp³-hybridized carbons (Fsp3) is 0.591. The molecule has 164 valence electrons. The normalized spacial score (nSPS) is 30.4.